The summed E-state index contributed by atoms with van der Waals surface area (Å²) in [6.07, 6.45) is 2.22. The Morgan fingerprint density at radius 3 is 2.76 bits per heavy atom. The van der Waals surface area contributed by atoms with Crippen molar-refractivity contribution >= 4 is 17.5 Å². The van der Waals surface area contributed by atoms with Gasteiger partial charge in [0.15, 0.2) is 0 Å². The van der Waals surface area contributed by atoms with Crippen LogP contribution < -0.4 is 15.0 Å². The first-order chi connectivity index (χ1) is 12.1. The fourth-order valence-electron chi connectivity index (χ4n) is 3.73. The maximum Gasteiger partial charge on any atom is 0.228 e. The maximum atomic E-state index is 12.9. The molecular formula is C19H27N3O3. The molecule has 0 radical (unpaired) electrons. The molecule has 0 saturated carbocycles. The second-order valence-electron chi connectivity index (χ2n) is 6.74. The Morgan fingerprint density at radius 1 is 1.32 bits per heavy atom. The molecule has 2 fully saturated rings. The Kier molecular flexibility index (Phi) is 5.58. The lowest BCUT2D eigenvalue weighted by Crippen LogP contribution is -2.46. The van der Waals surface area contributed by atoms with E-state index in [4.69, 9.17) is 4.74 Å². The number of nitrogens with one attached hydrogen (secondary N) is 1. The summed E-state index contributed by atoms with van der Waals surface area (Å²) in [5.41, 5.74) is 0.758. The Bertz CT molecular complexity index is 628. The largest absolute Gasteiger partial charge is 0.492 e. The molecule has 2 heterocycles. The number of carbonyl (C=O) groups is 2. The highest BCUT2D eigenvalue weighted by molar-refractivity contribution is 6.01. The third kappa shape index (κ3) is 3.79. The summed E-state index contributed by atoms with van der Waals surface area (Å²) in [7, 11) is 1.87. The van der Waals surface area contributed by atoms with E-state index < -0.39 is 0 Å². The summed E-state index contributed by atoms with van der Waals surface area (Å²) >= 11 is 0. The number of nitrogens with zero attached hydrogens (tertiary/aromatic N) is 2. The van der Waals surface area contributed by atoms with Crippen molar-refractivity contribution in [3.05, 3.63) is 24.3 Å². The van der Waals surface area contributed by atoms with Crippen LogP contribution in [0, 0.1) is 5.92 Å². The van der Waals surface area contributed by atoms with Gasteiger partial charge in [-0.1, -0.05) is 12.1 Å². The van der Waals surface area contributed by atoms with Gasteiger partial charge in [0.1, 0.15) is 5.75 Å². The predicted octanol–water partition coefficient (Wildman–Crippen LogP) is 1.65. The Morgan fingerprint density at radius 2 is 2.04 bits per heavy atom. The number of hydrogen-bond donors (Lipinski definition) is 1. The molecule has 1 aromatic carbocycles. The smallest absolute Gasteiger partial charge is 0.228 e. The maximum absolute atomic E-state index is 12.9. The molecule has 25 heavy (non-hydrogen) atoms. The standard InChI is InChI=1S/C19H27N3O3/c1-3-25-17-7-5-4-6-16(17)22-13-14(12-18(22)23)19(24)21(2)15-8-10-20-11-9-15/h4-7,14-15,20H,3,8-13H2,1-2H3. The van der Waals surface area contributed by atoms with E-state index in [1.54, 1.807) is 4.90 Å². The van der Waals surface area contributed by atoms with Crippen LogP contribution in [-0.2, 0) is 9.59 Å². The molecule has 0 aromatic heterocycles. The molecule has 1 unspecified atom stereocenters. The van der Waals surface area contributed by atoms with E-state index in [-0.39, 0.29) is 30.2 Å². The predicted molar refractivity (Wildman–Crippen MR) is 96.7 cm³/mol. The minimum atomic E-state index is -0.276. The monoisotopic (exact) mass is 345 g/mol. The number of carbonyl (C=O) groups excluding carboxylic acids is 2. The van der Waals surface area contributed by atoms with Crippen LogP contribution in [0.4, 0.5) is 5.69 Å². The molecule has 2 saturated heterocycles. The Balaban J connectivity index is 1.71. The van der Waals surface area contributed by atoms with E-state index >= 15 is 0 Å². The van der Waals surface area contributed by atoms with Gasteiger partial charge in [0.25, 0.3) is 0 Å². The average Bonchev–Trinajstić information content (AvgIpc) is 3.03. The highest BCUT2D eigenvalue weighted by atomic mass is 16.5. The molecule has 3 rings (SSSR count). The number of ether oxygens (including phenoxy) is 1. The van der Waals surface area contributed by atoms with Gasteiger partial charge in [0.05, 0.1) is 18.2 Å². The topological polar surface area (TPSA) is 61.9 Å². The van der Waals surface area contributed by atoms with Crippen LogP contribution in [0.5, 0.6) is 5.75 Å². The molecule has 0 spiro atoms. The molecule has 2 aliphatic heterocycles. The van der Waals surface area contributed by atoms with Gasteiger partial charge in [0.2, 0.25) is 11.8 Å². The van der Waals surface area contributed by atoms with Gasteiger partial charge >= 0.3 is 0 Å². The number of hydrogen-bond acceptors (Lipinski definition) is 4. The molecule has 6 nitrogen and oxygen atoms in total. The second-order valence-corrected chi connectivity index (χ2v) is 6.74. The van der Waals surface area contributed by atoms with Crippen LogP contribution in [0.1, 0.15) is 26.2 Å². The van der Waals surface area contributed by atoms with Gasteiger partial charge in [-0.2, -0.15) is 0 Å². The van der Waals surface area contributed by atoms with Crippen molar-refractivity contribution in [1.82, 2.24) is 10.2 Å². The van der Waals surface area contributed by atoms with Crippen molar-refractivity contribution in [2.24, 2.45) is 5.92 Å². The summed E-state index contributed by atoms with van der Waals surface area (Å²) < 4.78 is 5.64. The second kappa shape index (κ2) is 7.87. The van der Waals surface area contributed by atoms with Crippen LogP contribution >= 0.6 is 0 Å². The molecule has 2 aliphatic rings. The van der Waals surface area contributed by atoms with Crippen LogP contribution in [0.2, 0.25) is 0 Å². The molecule has 2 amide bonds. The van der Waals surface area contributed by atoms with Gasteiger partial charge in [-0.05, 0) is 45.0 Å². The number of piperidine rings is 1. The summed E-state index contributed by atoms with van der Waals surface area (Å²) in [5, 5.41) is 3.32. The zero-order chi connectivity index (χ0) is 17.8. The van der Waals surface area contributed by atoms with Crippen molar-refractivity contribution in [3.8, 4) is 5.75 Å². The molecular weight excluding hydrogens is 318 g/mol. The van der Waals surface area contributed by atoms with Crippen LogP contribution in [0.25, 0.3) is 0 Å². The number of rotatable bonds is 5. The number of benzene rings is 1. The van der Waals surface area contributed by atoms with E-state index in [0.717, 1.165) is 31.6 Å². The van der Waals surface area contributed by atoms with E-state index in [0.29, 0.717) is 18.9 Å². The third-order valence-corrected chi connectivity index (χ3v) is 5.13. The number of amides is 2. The van der Waals surface area contributed by atoms with Gasteiger partial charge in [0, 0.05) is 26.1 Å². The first kappa shape index (κ1) is 17.7. The zero-order valence-electron chi connectivity index (χ0n) is 15.0. The molecule has 136 valence electrons. The van der Waals surface area contributed by atoms with Crippen LogP contribution in [-0.4, -0.2) is 56.0 Å². The molecule has 1 aromatic rings. The summed E-state index contributed by atoms with van der Waals surface area (Å²) in [6, 6.07) is 7.80. The molecule has 6 heteroatoms. The van der Waals surface area contributed by atoms with Crippen molar-refractivity contribution in [2.45, 2.75) is 32.2 Å². The SMILES string of the molecule is CCOc1ccccc1N1CC(C(=O)N(C)C2CCNCC2)CC1=O. The molecule has 0 aliphatic carbocycles. The first-order valence-electron chi connectivity index (χ1n) is 9.11. The van der Waals surface area contributed by atoms with Crippen molar-refractivity contribution < 1.29 is 14.3 Å². The normalized spacial score (nSPS) is 21.4. The lowest BCUT2D eigenvalue weighted by Gasteiger charge is -2.33. The Labute approximate surface area is 149 Å². The van der Waals surface area contributed by atoms with Crippen molar-refractivity contribution in [3.63, 3.8) is 0 Å². The van der Waals surface area contributed by atoms with E-state index in [2.05, 4.69) is 5.32 Å². The fraction of sp³-hybridized carbons (Fsp3) is 0.579. The van der Waals surface area contributed by atoms with Crippen LogP contribution in [0.3, 0.4) is 0 Å². The van der Waals surface area contributed by atoms with Crippen LogP contribution in [0.15, 0.2) is 24.3 Å². The Hall–Kier alpha value is -2.08. The number of para-hydroxylation sites is 2. The fourth-order valence-corrected chi connectivity index (χ4v) is 3.73. The zero-order valence-corrected chi connectivity index (χ0v) is 15.0. The minimum Gasteiger partial charge on any atom is -0.492 e. The lowest BCUT2D eigenvalue weighted by atomic mass is 10.0. The molecule has 0 bridgehead atoms. The lowest BCUT2D eigenvalue weighted by molar-refractivity contribution is -0.137. The summed E-state index contributed by atoms with van der Waals surface area (Å²) in [6.45, 7) is 4.78. The summed E-state index contributed by atoms with van der Waals surface area (Å²) in [4.78, 5) is 29.0. The highest BCUT2D eigenvalue weighted by Crippen LogP contribution is 2.33. The van der Waals surface area contributed by atoms with E-state index in [1.807, 2.05) is 43.1 Å². The molecule has 1 N–H and O–H groups in total. The number of anilines is 1. The van der Waals surface area contributed by atoms with E-state index in [1.165, 1.54) is 0 Å². The van der Waals surface area contributed by atoms with Crippen molar-refractivity contribution in [1.29, 1.82) is 0 Å². The van der Waals surface area contributed by atoms with Gasteiger partial charge in [-0.15, -0.1) is 0 Å². The van der Waals surface area contributed by atoms with E-state index in [9.17, 15) is 9.59 Å². The van der Waals surface area contributed by atoms with Gasteiger partial charge in [-0.25, -0.2) is 0 Å². The van der Waals surface area contributed by atoms with Gasteiger partial charge in [-0.3, -0.25) is 9.59 Å². The summed E-state index contributed by atoms with van der Waals surface area (Å²) in [5.74, 6) is 0.487. The van der Waals surface area contributed by atoms with Crippen molar-refractivity contribution in [2.75, 3.05) is 38.2 Å². The average molecular weight is 345 g/mol. The first-order valence-corrected chi connectivity index (χ1v) is 9.11. The van der Waals surface area contributed by atoms with Gasteiger partial charge < -0.3 is 19.9 Å². The highest BCUT2D eigenvalue weighted by Gasteiger charge is 2.38. The quantitative estimate of drug-likeness (QED) is 0.881. The molecule has 1 atom stereocenters. The third-order valence-electron chi connectivity index (χ3n) is 5.13. The minimum absolute atomic E-state index is 0.00999.